The van der Waals surface area contributed by atoms with Gasteiger partial charge in [0.15, 0.2) is 5.96 Å². The molecule has 0 saturated carbocycles. The van der Waals surface area contributed by atoms with Crippen LogP contribution in [0.25, 0.3) is 0 Å². The average molecular weight is 498 g/mol. The van der Waals surface area contributed by atoms with Crippen molar-refractivity contribution < 1.29 is 9.84 Å². The number of aliphatic imine (C=N–C) groups is 1. The molecule has 0 aliphatic rings. The van der Waals surface area contributed by atoms with E-state index >= 15 is 0 Å². The van der Waals surface area contributed by atoms with Crippen molar-refractivity contribution in [3.05, 3.63) is 59.8 Å². The Morgan fingerprint density at radius 1 is 1.14 bits per heavy atom. The van der Waals surface area contributed by atoms with Gasteiger partial charge in [0.1, 0.15) is 5.60 Å². The second-order valence-electron chi connectivity index (χ2n) is 6.54. The number of pyridine rings is 1. The van der Waals surface area contributed by atoms with E-state index in [0.717, 1.165) is 24.1 Å². The highest BCUT2D eigenvalue weighted by Crippen LogP contribution is 2.18. The first-order chi connectivity index (χ1) is 13.0. The Morgan fingerprint density at radius 2 is 1.89 bits per heavy atom. The largest absolute Gasteiger partial charge is 0.478 e. The van der Waals surface area contributed by atoms with Crippen LogP contribution in [0.4, 0.5) is 0 Å². The zero-order valence-electron chi connectivity index (χ0n) is 16.8. The van der Waals surface area contributed by atoms with E-state index < -0.39 is 5.60 Å². The van der Waals surface area contributed by atoms with Crippen molar-refractivity contribution in [2.75, 3.05) is 19.7 Å². The van der Waals surface area contributed by atoms with Crippen molar-refractivity contribution in [3.63, 3.8) is 0 Å². The van der Waals surface area contributed by atoms with Crippen molar-refractivity contribution in [2.24, 2.45) is 4.99 Å². The molecule has 7 heteroatoms. The number of nitrogens with zero attached hydrogens (tertiary/aromatic N) is 2. The maximum absolute atomic E-state index is 10.7. The molecule has 0 spiro atoms. The van der Waals surface area contributed by atoms with Gasteiger partial charge in [0.25, 0.3) is 0 Å². The van der Waals surface area contributed by atoms with Crippen molar-refractivity contribution in [3.8, 4) is 5.88 Å². The first-order valence-corrected chi connectivity index (χ1v) is 9.43. The van der Waals surface area contributed by atoms with Crippen LogP contribution in [0.1, 0.15) is 38.3 Å². The molecule has 0 bridgehead atoms. The Balaban J connectivity index is 0.00000392. The number of aromatic nitrogens is 1. The lowest BCUT2D eigenvalue weighted by molar-refractivity contribution is 0.0617. The Morgan fingerprint density at radius 3 is 2.50 bits per heavy atom. The van der Waals surface area contributed by atoms with Gasteiger partial charge in [-0.25, -0.2) is 9.98 Å². The Kier molecular flexibility index (Phi) is 10.8. The lowest BCUT2D eigenvalue weighted by atomic mass is 9.96. The van der Waals surface area contributed by atoms with Crippen molar-refractivity contribution in [2.45, 2.75) is 39.3 Å². The van der Waals surface area contributed by atoms with E-state index in [1.165, 1.54) is 0 Å². The zero-order chi connectivity index (χ0) is 19.5. The summed E-state index contributed by atoms with van der Waals surface area (Å²) in [5.74, 6) is 1.29. The van der Waals surface area contributed by atoms with E-state index in [2.05, 4.69) is 27.5 Å². The first-order valence-electron chi connectivity index (χ1n) is 9.43. The van der Waals surface area contributed by atoms with E-state index in [1.54, 1.807) is 13.1 Å². The molecule has 1 atom stereocenters. The normalized spacial score (nSPS) is 13.2. The molecular weight excluding hydrogens is 467 g/mol. The molecule has 154 valence electrons. The number of aliphatic hydroxyl groups is 1. The van der Waals surface area contributed by atoms with Crippen molar-refractivity contribution >= 4 is 29.9 Å². The molecule has 28 heavy (non-hydrogen) atoms. The van der Waals surface area contributed by atoms with Crippen LogP contribution in [-0.2, 0) is 12.1 Å². The lowest BCUT2D eigenvalue weighted by Crippen LogP contribution is -2.44. The highest BCUT2D eigenvalue weighted by Gasteiger charge is 2.22. The summed E-state index contributed by atoms with van der Waals surface area (Å²) >= 11 is 0. The SMILES string of the molecule is CCCOc1ccc(CN=C(NCC)NCC(C)(O)c2ccccc2)cn1.I. The van der Waals surface area contributed by atoms with E-state index in [1.807, 2.05) is 49.4 Å². The number of ether oxygens (including phenoxy) is 1. The third-order valence-electron chi connectivity index (χ3n) is 4.01. The minimum absolute atomic E-state index is 0. The second kappa shape index (κ2) is 12.6. The predicted octanol–water partition coefficient (Wildman–Crippen LogP) is 3.45. The Labute approximate surface area is 184 Å². The molecule has 0 aliphatic heterocycles. The summed E-state index contributed by atoms with van der Waals surface area (Å²) in [6.45, 7) is 8.11. The summed E-state index contributed by atoms with van der Waals surface area (Å²) in [5.41, 5.74) is 0.864. The number of hydrogen-bond acceptors (Lipinski definition) is 4. The second-order valence-corrected chi connectivity index (χ2v) is 6.54. The molecule has 3 N–H and O–H groups in total. The summed E-state index contributed by atoms with van der Waals surface area (Å²) in [6, 6.07) is 13.4. The summed E-state index contributed by atoms with van der Waals surface area (Å²) in [6.07, 6.45) is 2.73. The first kappa shape index (κ1) is 24.2. The van der Waals surface area contributed by atoms with Crippen LogP contribution in [0.3, 0.4) is 0 Å². The van der Waals surface area contributed by atoms with E-state index in [-0.39, 0.29) is 24.0 Å². The summed E-state index contributed by atoms with van der Waals surface area (Å²) in [5, 5.41) is 17.1. The maximum Gasteiger partial charge on any atom is 0.213 e. The smallest absolute Gasteiger partial charge is 0.213 e. The van der Waals surface area contributed by atoms with Gasteiger partial charge >= 0.3 is 0 Å². The van der Waals surface area contributed by atoms with Gasteiger partial charge < -0.3 is 20.5 Å². The van der Waals surface area contributed by atoms with Crippen LogP contribution in [0.15, 0.2) is 53.7 Å². The van der Waals surface area contributed by atoms with Crippen LogP contribution in [-0.4, -0.2) is 35.7 Å². The lowest BCUT2D eigenvalue weighted by Gasteiger charge is -2.25. The van der Waals surface area contributed by atoms with Gasteiger partial charge in [0, 0.05) is 18.8 Å². The van der Waals surface area contributed by atoms with Gasteiger partial charge in [-0.05, 0) is 31.4 Å². The fourth-order valence-corrected chi connectivity index (χ4v) is 2.46. The van der Waals surface area contributed by atoms with Gasteiger partial charge in [-0.15, -0.1) is 24.0 Å². The number of nitrogens with one attached hydrogen (secondary N) is 2. The summed E-state index contributed by atoms with van der Waals surface area (Å²) < 4.78 is 5.49. The topological polar surface area (TPSA) is 78.8 Å². The minimum atomic E-state index is -0.989. The molecule has 2 rings (SSSR count). The van der Waals surface area contributed by atoms with Crippen LogP contribution in [0.2, 0.25) is 0 Å². The minimum Gasteiger partial charge on any atom is -0.478 e. The number of benzene rings is 1. The monoisotopic (exact) mass is 498 g/mol. The van der Waals surface area contributed by atoms with Crippen LogP contribution in [0.5, 0.6) is 5.88 Å². The molecule has 0 amide bonds. The molecule has 1 aromatic carbocycles. The molecule has 0 radical (unpaired) electrons. The van der Waals surface area contributed by atoms with Crippen LogP contribution < -0.4 is 15.4 Å². The fraction of sp³-hybridized carbons (Fsp3) is 0.429. The number of rotatable bonds is 9. The molecular formula is C21H31IN4O2. The van der Waals surface area contributed by atoms with E-state index in [4.69, 9.17) is 4.74 Å². The predicted molar refractivity (Wildman–Crippen MR) is 124 cm³/mol. The molecule has 1 aromatic heterocycles. The summed E-state index contributed by atoms with van der Waals surface area (Å²) in [7, 11) is 0. The maximum atomic E-state index is 10.7. The van der Waals surface area contributed by atoms with Gasteiger partial charge in [0.05, 0.1) is 19.7 Å². The molecule has 0 aliphatic carbocycles. The molecule has 1 unspecified atom stereocenters. The molecule has 6 nitrogen and oxygen atoms in total. The average Bonchev–Trinajstić information content (AvgIpc) is 2.70. The molecule has 2 aromatic rings. The molecule has 0 fully saturated rings. The van der Waals surface area contributed by atoms with Gasteiger partial charge in [-0.2, -0.15) is 0 Å². The fourth-order valence-electron chi connectivity index (χ4n) is 2.46. The van der Waals surface area contributed by atoms with Crippen molar-refractivity contribution in [1.29, 1.82) is 0 Å². The molecule has 0 saturated heterocycles. The van der Waals surface area contributed by atoms with Gasteiger partial charge in [-0.1, -0.05) is 43.3 Å². The number of hydrogen-bond donors (Lipinski definition) is 3. The number of guanidine groups is 1. The quantitative estimate of drug-likeness (QED) is 0.281. The number of halogens is 1. The highest BCUT2D eigenvalue weighted by molar-refractivity contribution is 14.0. The third kappa shape index (κ3) is 8.02. The third-order valence-corrected chi connectivity index (χ3v) is 4.01. The molecule has 1 heterocycles. The van der Waals surface area contributed by atoms with Crippen LogP contribution >= 0.6 is 24.0 Å². The van der Waals surface area contributed by atoms with E-state index in [0.29, 0.717) is 31.5 Å². The van der Waals surface area contributed by atoms with Gasteiger partial charge in [0.2, 0.25) is 5.88 Å². The van der Waals surface area contributed by atoms with Crippen molar-refractivity contribution in [1.82, 2.24) is 15.6 Å². The zero-order valence-corrected chi connectivity index (χ0v) is 19.1. The standard InChI is InChI=1S/C21H30N4O2.HI/c1-4-13-27-19-12-11-17(14-23-19)15-24-20(22-5-2)25-16-21(3,26)18-9-7-6-8-10-18;/h6-12,14,26H,4-5,13,15-16H2,1-3H3,(H2,22,24,25);1H. The Bertz CT molecular complexity index is 706. The summed E-state index contributed by atoms with van der Waals surface area (Å²) in [4.78, 5) is 8.87. The van der Waals surface area contributed by atoms with Crippen LogP contribution in [0, 0.1) is 0 Å². The Hall–Kier alpha value is -1.87. The van der Waals surface area contributed by atoms with E-state index in [9.17, 15) is 5.11 Å². The highest BCUT2D eigenvalue weighted by atomic mass is 127. The van der Waals surface area contributed by atoms with Gasteiger partial charge in [-0.3, -0.25) is 0 Å².